The summed E-state index contributed by atoms with van der Waals surface area (Å²) in [4.78, 5) is 35.0. The minimum absolute atomic E-state index is 0.00499. The zero-order valence-electron chi connectivity index (χ0n) is 19.3. The molecule has 4 N–H and O–H groups in total. The molecule has 0 saturated carbocycles. The summed E-state index contributed by atoms with van der Waals surface area (Å²) < 4.78 is 0. The Hall–Kier alpha value is -3.65. The highest BCUT2D eigenvalue weighted by Gasteiger charge is 2.19. The third kappa shape index (κ3) is 4.61. The molecular formula is C25H27N5O2S. The molecule has 3 aromatic heterocycles. The quantitative estimate of drug-likeness (QED) is 0.303. The van der Waals surface area contributed by atoms with E-state index in [4.69, 9.17) is 0 Å². The maximum Gasteiger partial charge on any atom is 0.265 e. The van der Waals surface area contributed by atoms with Gasteiger partial charge in [0.05, 0.1) is 16.1 Å². The van der Waals surface area contributed by atoms with E-state index >= 15 is 0 Å². The van der Waals surface area contributed by atoms with E-state index in [1.807, 2.05) is 37.3 Å². The van der Waals surface area contributed by atoms with Crippen LogP contribution in [0.15, 0.2) is 48.8 Å². The van der Waals surface area contributed by atoms with Gasteiger partial charge in [-0.2, -0.15) is 0 Å². The molecule has 0 radical (unpaired) electrons. The fraction of sp³-hybridized carbons (Fsp3) is 0.240. The number of amides is 2. The molecule has 0 spiro atoms. The summed E-state index contributed by atoms with van der Waals surface area (Å²) in [5.41, 5.74) is 3.96. The lowest BCUT2D eigenvalue weighted by Crippen LogP contribution is -2.16. The van der Waals surface area contributed by atoms with Gasteiger partial charge in [-0.1, -0.05) is 26.8 Å². The maximum atomic E-state index is 13.1. The van der Waals surface area contributed by atoms with Gasteiger partial charge in [0.15, 0.2) is 0 Å². The smallest absolute Gasteiger partial charge is 0.265 e. The summed E-state index contributed by atoms with van der Waals surface area (Å²) in [6.07, 6.45) is 3.33. The van der Waals surface area contributed by atoms with Crippen molar-refractivity contribution in [1.29, 1.82) is 0 Å². The molecule has 0 atom stereocenters. The Labute approximate surface area is 196 Å². The first-order valence-electron chi connectivity index (χ1n) is 10.6. The first-order valence-corrected chi connectivity index (χ1v) is 11.5. The number of hydrogen-bond donors (Lipinski definition) is 4. The molecule has 0 aliphatic carbocycles. The van der Waals surface area contributed by atoms with Gasteiger partial charge in [-0.05, 0) is 48.2 Å². The second-order valence-corrected chi connectivity index (χ2v) is 9.97. The molecule has 0 bridgehead atoms. The molecule has 7 nitrogen and oxygen atoms in total. The SMILES string of the molecule is CNc1c(C(=O)Nc2cc(NC(=O)c3ccc(C(C)(C)C)s3)ccc2C)cnc2[nH]ccc12. The van der Waals surface area contributed by atoms with Crippen molar-refractivity contribution in [1.82, 2.24) is 9.97 Å². The zero-order valence-corrected chi connectivity index (χ0v) is 20.1. The molecule has 2 amide bonds. The number of aromatic nitrogens is 2. The van der Waals surface area contributed by atoms with Crippen molar-refractivity contribution in [2.24, 2.45) is 0 Å². The van der Waals surface area contributed by atoms with Crippen LogP contribution in [-0.4, -0.2) is 28.8 Å². The molecule has 170 valence electrons. The van der Waals surface area contributed by atoms with Crippen molar-refractivity contribution in [2.45, 2.75) is 33.1 Å². The Kier molecular flexibility index (Phi) is 5.95. The molecule has 4 rings (SSSR count). The molecule has 0 unspecified atom stereocenters. The van der Waals surface area contributed by atoms with Crippen molar-refractivity contribution in [3.05, 3.63) is 69.7 Å². The fourth-order valence-corrected chi connectivity index (χ4v) is 4.49. The van der Waals surface area contributed by atoms with Crippen molar-refractivity contribution >= 4 is 51.2 Å². The molecule has 0 aliphatic heterocycles. The maximum absolute atomic E-state index is 13.1. The molecule has 0 aliphatic rings. The average molecular weight is 462 g/mol. The number of H-pyrrole nitrogens is 1. The lowest BCUT2D eigenvalue weighted by atomic mass is 9.95. The highest BCUT2D eigenvalue weighted by atomic mass is 32.1. The number of nitrogens with zero attached hydrogens (tertiary/aromatic N) is 1. The summed E-state index contributed by atoms with van der Waals surface area (Å²) in [7, 11) is 1.77. The van der Waals surface area contributed by atoms with Crippen molar-refractivity contribution < 1.29 is 9.59 Å². The molecule has 0 fully saturated rings. The molecule has 33 heavy (non-hydrogen) atoms. The zero-order chi connectivity index (χ0) is 23.8. The fourth-order valence-electron chi connectivity index (χ4n) is 3.53. The average Bonchev–Trinajstić information content (AvgIpc) is 3.44. The van der Waals surface area contributed by atoms with E-state index in [1.54, 1.807) is 25.5 Å². The summed E-state index contributed by atoms with van der Waals surface area (Å²) >= 11 is 1.49. The highest BCUT2D eigenvalue weighted by molar-refractivity contribution is 7.14. The van der Waals surface area contributed by atoms with E-state index in [-0.39, 0.29) is 17.2 Å². The van der Waals surface area contributed by atoms with Gasteiger partial charge in [0, 0.05) is 41.1 Å². The van der Waals surface area contributed by atoms with Gasteiger partial charge >= 0.3 is 0 Å². The number of pyridine rings is 1. The number of carbonyl (C=O) groups is 2. The van der Waals surface area contributed by atoms with E-state index in [0.717, 1.165) is 15.8 Å². The number of benzene rings is 1. The summed E-state index contributed by atoms with van der Waals surface area (Å²) in [5.74, 6) is -0.453. The molecular weight excluding hydrogens is 434 g/mol. The van der Waals surface area contributed by atoms with E-state index in [2.05, 4.69) is 46.7 Å². The largest absolute Gasteiger partial charge is 0.387 e. The van der Waals surface area contributed by atoms with E-state index < -0.39 is 0 Å². The first-order chi connectivity index (χ1) is 15.7. The predicted molar refractivity (Wildman–Crippen MR) is 136 cm³/mol. The van der Waals surface area contributed by atoms with Crippen LogP contribution in [0.25, 0.3) is 11.0 Å². The Morgan fingerprint density at radius 1 is 1.03 bits per heavy atom. The van der Waals surface area contributed by atoms with Crippen LogP contribution in [0.5, 0.6) is 0 Å². The Morgan fingerprint density at radius 2 is 1.82 bits per heavy atom. The number of rotatable bonds is 5. The Morgan fingerprint density at radius 3 is 2.52 bits per heavy atom. The normalized spacial score (nSPS) is 11.4. The number of thiophene rings is 1. The molecule has 0 saturated heterocycles. The molecule has 1 aromatic carbocycles. The Bertz CT molecular complexity index is 1350. The number of hydrogen-bond acceptors (Lipinski definition) is 5. The minimum Gasteiger partial charge on any atom is -0.387 e. The van der Waals surface area contributed by atoms with Crippen LogP contribution in [0.2, 0.25) is 0 Å². The molecule has 4 aromatic rings. The summed E-state index contributed by atoms with van der Waals surface area (Å²) in [5, 5.41) is 9.83. The number of aromatic amines is 1. The minimum atomic E-state index is -0.283. The van der Waals surface area contributed by atoms with Crippen LogP contribution in [0.3, 0.4) is 0 Å². The summed E-state index contributed by atoms with van der Waals surface area (Å²) in [6.45, 7) is 8.28. The van der Waals surface area contributed by atoms with Crippen LogP contribution in [0.1, 0.15) is 51.2 Å². The summed E-state index contributed by atoms with van der Waals surface area (Å²) in [6, 6.07) is 11.2. The van der Waals surface area contributed by atoms with Crippen LogP contribution >= 0.6 is 11.3 Å². The van der Waals surface area contributed by atoms with Crippen LogP contribution in [-0.2, 0) is 5.41 Å². The first kappa shape index (κ1) is 22.5. The second-order valence-electron chi connectivity index (χ2n) is 8.89. The van der Waals surface area contributed by atoms with Gasteiger partial charge in [0.1, 0.15) is 5.65 Å². The van der Waals surface area contributed by atoms with Gasteiger partial charge in [-0.3, -0.25) is 9.59 Å². The Balaban J connectivity index is 1.55. The molecule has 3 heterocycles. The van der Waals surface area contributed by atoms with E-state index in [0.29, 0.717) is 33.1 Å². The number of fused-ring (bicyclic) bond motifs is 1. The predicted octanol–water partition coefficient (Wildman–Crippen LogP) is 5.78. The highest BCUT2D eigenvalue weighted by Crippen LogP contribution is 2.31. The topological polar surface area (TPSA) is 98.9 Å². The lowest BCUT2D eigenvalue weighted by Gasteiger charge is -2.15. The second kappa shape index (κ2) is 8.71. The van der Waals surface area contributed by atoms with Gasteiger partial charge < -0.3 is 20.9 Å². The number of carbonyl (C=O) groups excluding carboxylic acids is 2. The van der Waals surface area contributed by atoms with E-state index in [9.17, 15) is 9.59 Å². The van der Waals surface area contributed by atoms with Gasteiger partial charge in [0.25, 0.3) is 11.8 Å². The van der Waals surface area contributed by atoms with Crippen LogP contribution in [0, 0.1) is 6.92 Å². The van der Waals surface area contributed by atoms with Gasteiger partial charge in [0.2, 0.25) is 0 Å². The third-order valence-corrected chi connectivity index (χ3v) is 6.90. The standard InChI is InChI=1S/C25H27N5O2S/c1-14-6-7-15(29-24(32)19-8-9-20(33-19)25(2,3)4)12-18(14)30-23(31)17-13-28-22-16(10-11-27-22)21(17)26-5/h6-13H,1-5H3,(H,29,32)(H,30,31)(H2,26,27,28). The monoisotopic (exact) mass is 461 g/mol. The van der Waals surface area contributed by atoms with Crippen LogP contribution in [0.4, 0.5) is 17.1 Å². The number of anilines is 3. The number of aryl methyl sites for hydroxylation is 1. The van der Waals surface area contributed by atoms with Crippen molar-refractivity contribution in [2.75, 3.05) is 23.0 Å². The lowest BCUT2D eigenvalue weighted by molar-refractivity contribution is 0.102. The molecule has 8 heteroatoms. The van der Waals surface area contributed by atoms with Gasteiger partial charge in [-0.25, -0.2) is 4.98 Å². The number of nitrogens with one attached hydrogen (secondary N) is 4. The van der Waals surface area contributed by atoms with Crippen LogP contribution < -0.4 is 16.0 Å². The van der Waals surface area contributed by atoms with E-state index in [1.165, 1.54) is 11.3 Å². The van der Waals surface area contributed by atoms with Crippen molar-refractivity contribution in [3.63, 3.8) is 0 Å². The van der Waals surface area contributed by atoms with Gasteiger partial charge in [-0.15, -0.1) is 11.3 Å². The third-order valence-electron chi connectivity index (χ3n) is 5.39. The van der Waals surface area contributed by atoms with Crippen molar-refractivity contribution in [3.8, 4) is 0 Å².